The molecule has 0 bridgehead atoms. The molecule has 0 aromatic heterocycles. The van der Waals surface area contributed by atoms with Crippen molar-refractivity contribution >= 4 is 11.6 Å². The third kappa shape index (κ3) is 3.04. The highest BCUT2D eigenvalue weighted by Crippen LogP contribution is 2.31. The molecule has 3 rings (SSSR count). The highest BCUT2D eigenvalue weighted by atomic mass is 16.5. The summed E-state index contributed by atoms with van der Waals surface area (Å²) in [6.45, 7) is 2.87. The summed E-state index contributed by atoms with van der Waals surface area (Å²) in [6, 6.07) is 16.5. The van der Waals surface area contributed by atoms with E-state index in [9.17, 15) is 0 Å². The van der Waals surface area contributed by atoms with Crippen molar-refractivity contribution in [1.29, 1.82) is 5.26 Å². The normalized spacial score (nSPS) is 13.0. The number of hydrogen-bond donors (Lipinski definition) is 0. The molecule has 0 unspecified atom stereocenters. The zero-order chi connectivity index (χ0) is 15.4. The molecule has 0 N–H and O–H groups in total. The lowest BCUT2D eigenvalue weighted by atomic mass is 9.88. The topological polar surface area (TPSA) is 33.0 Å². The Balaban J connectivity index is 1.83. The molecule has 0 saturated heterocycles. The quantitative estimate of drug-likeness (QED) is 0.807. The molecule has 0 amide bonds. The molecule has 2 aromatic carbocycles. The van der Waals surface area contributed by atoms with Crippen molar-refractivity contribution in [2.45, 2.75) is 26.2 Å². The van der Waals surface area contributed by atoms with Crippen LogP contribution in [0.5, 0.6) is 5.75 Å². The van der Waals surface area contributed by atoms with Crippen LogP contribution in [0, 0.1) is 11.3 Å². The Morgan fingerprint density at radius 3 is 2.64 bits per heavy atom. The van der Waals surface area contributed by atoms with Crippen LogP contribution in [0.4, 0.5) is 0 Å². The lowest BCUT2D eigenvalue weighted by Crippen LogP contribution is -2.00. The van der Waals surface area contributed by atoms with Gasteiger partial charge in [0, 0.05) is 0 Å². The number of benzene rings is 2. The van der Waals surface area contributed by atoms with Gasteiger partial charge in [0.15, 0.2) is 0 Å². The third-order valence-corrected chi connectivity index (χ3v) is 3.96. The van der Waals surface area contributed by atoms with E-state index in [4.69, 9.17) is 10.00 Å². The molecule has 0 spiro atoms. The van der Waals surface area contributed by atoms with Crippen LogP contribution in [0.1, 0.15) is 42.0 Å². The van der Waals surface area contributed by atoms with Gasteiger partial charge >= 0.3 is 0 Å². The number of allylic oxidation sites excluding steroid dienone is 1. The second-order valence-corrected chi connectivity index (χ2v) is 5.57. The lowest BCUT2D eigenvalue weighted by molar-refractivity contribution is 0.317. The van der Waals surface area contributed by atoms with Gasteiger partial charge in [0.25, 0.3) is 0 Å². The van der Waals surface area contributed by atoms with Crippen molar-refractivity contribution in [2.75, 3.05) is 6.61 Å². The Kier molecular flexibility index (Phi) is 4.25. The maximum absolute atomic E-state index is 8.98. The van der Waals surface area contributed by atoms with E-state index in [0.29, 0.717) is 0 Å². The molecule has 1 aliphatic rings. The number of rotatable bonds is 4. The molecule has 110 valence electrons. The van der Waals surface area contributed by atoms with Gasteiger partial charge in [-0.2, -0.15) is 5.26 Å². The van der Waals surface area contributed by atoms with E-state index in [-0.39, 0.29) is 0 Å². The maximum Gasteiger partial charge on any atom is 0.119 e. The molecule has 1 aliphatic carbocycles. The average molecular weight is 289 g/mol. The van der Waals surface area contributed by atoms with E-state index in [1.807, 2.05) is 30.3 Å². The molecule has 0 aliphatic heterocycles. The van der Waals surface area contributed by atoms with E-state index >= 15 is 0 Å². The molecule has 0 atom stereocenters. The van der Waals surface area contributed by atoms with Crippen molar-refractivity contribution in [2.24, 2.45) is 0 Å². The fraction of sp³-hybridized carbons (Fsp3) is 0.250. The molecular weight excluding hydrogens is 270 g/mol. The molecule has 2 heteroatoms. The van der Waals surface area contributed by atoms with Crippen molar-refractivity contribution < 1.29 is 4.74 Å². The SMILES string of the molecule is CCCOc1ccc(C2=Cc3ccc(C#N)cc3CC2)cc1. The Labute approximate surface area is 131 Å². The number of ether oxygens (including phenoxy) is 1. The predicted octanol–water partition coefficient (Wildman–Crippen LogP) is 4.83. The summed E-state index contributed by atoms with van der Waals surface area (Å²) in [5.41, 5.74) is 5.84. The smallest absolute Gasteiger partial charge is 0.119 e. The molecule has 0 fully saturated rings. The van der Waals surface area contributed by atoms with Gasteiger partial charge in [-0.1, -0.05) is 31.2 Å². The minimum absolute atomic E-state index is 0.744. The first-order chi connectivity index (χ1) is 10.8. The second-order valence-electron chi connectivity index (χ2n) is 5.57. The van der Waals surface area contributed by atoms with Crippen LogP contribution in [0.2, 0.25) is 0 Å². The van der Waals surface area contributed by atoms with Crippen molar-refractivity contribution in [3.8, 4) is 11.8 Å². The highest BCUT2D eigenvalue weighted by molar-refractivity contribution is 5.84. The fourth-order valence-electron chi connectivity index (χ4n) is 2.77. The van der Waals surface area contributed by atoms with E-state index in [0.717, 1.165) is 37.2 Å². The molecule has 2 nitrogen and oxygen atoms in total. The summed E-state index contributed by atoms with van der Waals surface area (Å²) >= 11 is 0. The Morgan fingerprint density at radius 2 is 1.91 bits per heavy atom. The first-order valence-electron chi connectivity index (χ1n) is 7.77. The van der Waals surface area contributed by atoms with Gasteiger partial charge in [-0.15, -0.1) is 0 Å². The minimum atomic E-state index is 0.744. The Morgan fingerprint density at radius 1 is 1.09 bits per heavy atom. The van der Waals surface area contributed by atoms with Gasteiger partial charge < -0.3 is 4.74 Å². The standard InChI is InChI=1S/C20H19NO/c1-2-11-22-20-9-7-16(8-10-20)18-6-5-17-12-15(14-21)3-4-19(17)13-18/h3-4,7-10,12-13H,2,5-6,11H2,1H3. The van der Waals surface area contributed by atoms with E-state index in [1.165, 1.54) is 22.3 Å². The number of nitrogens with zero attached hydrogens (tertiary/aromatic N) is 1. The molecule has 2 aromatic rings. The summed E-state index contributed by atoms with van der Waals surface area (Å²) < 4.78 is 5.63. The largest absolute Gasteiger partial charge is 0.494 e. The van der Waals surface area contributed by atoms with Crippen LogP contribution in [0.3, 0.4) is 0 Å². The number of aryl methyl sites for hydroxylation is 1. The summed E-state index contributed by atoms with van der Waals surface area (Å²) in [5, 5.41) is 8.98. The van der Waals surface area contributed by atoms with Gasteiger partial charge in [-0.05, 0) is 65.8 Å². The third-order valence-electron chi connectivity index (χ3n) is 3.96. The van der Waals surface area contributed by atoms with Crippen LogP contribution in [-0.2, 0) is 6.42 Å². The summed E-state index contributed by atoms with van der Waals surface area (Å²) in [7, 11) is 0. The summed E-state index contributed by atoms with van der Waals surface area (Å²) in [5.74, 6) is 0.932. The van der Waals surface area contributed by atoms with E-state index in [1.54, 1.807) is 0 Å². The van der Waals surface area contributed by atoms with Crippen LogP contribution in [-0.4, -0.2) is 6.61 Å². The highest BCUT2D eigenvalue weighted by Gasteiger charge is 2.12. The van der Waals surface area contributed by atoms with Crippen LogP contribution >= 0.6 is 0 Å². The van der Waals surface area contributed by atoms with Crippen molar-refractivity contribution in [3.63, 3.8) is 0 Å². The van der Waals surface area contributed by atoms with Crippen LogP contribution in [0.15, 0.2) is 42.5 Å². The second kappa shape index (κ2) is 6.49. The Bertz CT molecular complexity index is 735. The van der Waals surface area contributed by atoms with Crippen molar-refractivity contribution in [3.05, 3.63) is 64.7 Å². The molecule has 0 heterocycles. The average Bonchev–Trinajstić information content (AvgIpc) is 2.59. The zero-order valence-corrected chi connectivity index (χ0v) is 12.8. The number of fused-ring (bicyclic) bond motifs is 1. The van der Waals surface area contributed by atoms with Gasteiger partial charge in [0.2, 0.25) is 0 Å². The van der Waals surface area contributed by atoms with Gasteiger partial charge in [0.1, 0.15) is 5.75 Å². The monoisotopic (exact) mass is 289 g/mol. The van der Waals surface area contributed by atoms with Gasteiger partial charge in [0.05, 0.1) is 18.2 Å². The fourth-order valence-corrected chi connectivity index (χ4v) is 2.77. The first kappa shape index (κ1) is 14.4. The maximum atomic E-state index is 8.98. The van der Waals surface area contributed by atoms with E-state index in [2.05, 4.69) is 31.2 Å². The summed E-state index contributed by atoms with van der Waals surface area (Å²) in [6.07, 6.45) is 5.26. The van der Waals surface area contributed by atoms with Crippen LogP contribution < -0.4 is 4.74 Å². The number of nitriles is 1. The summed E-state index contributed by atoms with van der Waals surface area (Å²) in [4.78, 5) is 0. The molecular formula is C20H19NO. The van der Waals surface area contributed by atoms with Gasteiger partial charge in [-0.3, -0.25) is 0 Å². The minimum Gasteiger partial charge on any atom is -0.494 e. The molecule has 0 radical (unpaired) electrons. The number of hydrogen-bond acceptors (Lipinski definition) is 2. The van der Waals surface area contributed by atoms with E-state index < -0.39 is 0 Å². The van der Waals surface area contributed by atoms with Crippen molar-refractivity contribution in [1.82, 2.24) is 0 Å². The first-order valence-corrected chi connectivity index (χ1v) is 7.77. The predicted molar refractivity (Wildman–Crippen MR) is 89.6 cm³/mol. The lowest BCUT2D eigenvalue weighted by Gasteiger charge is -2.17. The molecule has 0 saturated carbocycles. The van der Waals surface area contributed by atoms with Crippen LogP contribution in [0.25, 0.3) is 11.6 Å². The van der Waals surface area contributed by atoms with Gasteiger partial charge in [-0.25, -0.2) is 0 Å². The Hall–Kier alpha value is -2.53. The molecule has 22 heavy (non-hydrogen) atoms. The zero-order valence-electron chi connectivity index (χ0n) is 12.8.